The van der Waals surface area contributed by atoms with Gasteiger partial charge in [0.25, 0.3) is 0 Å². The number of benzene rings is 1. The van der Waals surface area contributed by atoms with E-state index in [1.54, 1.807) is 7.11 Å². The van der Waals surface area contributed by atoms with E-state index in [1.807, 2.05) is 12.1 Å². The van der Waals surface area contributed by atoms with Crippen molar-refractivity contribution in [3.05, 3.63) is 29.8 Å². The summed E-state index contributed by atoms with van der Waals surface area (Å²) in [5.41, 5.74) is 0.747. The molecule has 1 aromatic rings. The van der Waals surface area contributed by atoms with Crippen LogP contribution in [0, 0.1) is 0 Å². The van der Waals surface area contributed by atoms with Crippen molar-refractivity contribution >= 4 is 0 Å². The summed E-state index contributed by atoms with van der Waals surface area (Å²) >= 11 is 0. The molecule has 1 unspecified atom stereocenters. The Balaban J connectivity index is 2.34. The predicted molar refractivity (Wildman–Crippen MR) is 73.0 cm³/mol. The Bertz CT molecular complexity index is 430. The molecule has 0 saturated carbocycles. The first-order valence-corrected chi connectivity index (χ1v) is 6.38. The minimum atomic E-state index is -0.287. The molecule has 1 atom stereocenters. The summed E-state index contributed by atoms with van der Waals surface area (Å²) in [6.45, 7) is 8.28. The zero-order valence-corrected chi connectivity index (χ0v) is 12.0. The number of likely N-dealkylation sites (N-methyl/N-ethyl adjacent to an activating group) is 1. The predicted octanol–water partition coefficient (Wildman–Crippen LogP) is 2.65. The minimum absolute atomic E-state index is 0.134. The number of hydrogen-bond donors (Lipinski definition) is 0. The lowest BCUT2D eigenvalue weighted by Gasteiger charge is -2.47. The summed E-state index contributed by atoms with van der Waals surface area (Å²) in [4.78, 5) is 2.32. The molecular weight excluding hydrogens is 226 g/mol. The summed E-state index contributed by atoms with van der Waals surface area (Å²) < 4.78 is 11.6. The summed E-state index contributed by atoms with van der Waals surface area (Å²) in [6.07, 6.45) is 0. The van der Waals surface area contributed by atoms with Crippen LogP contribution in [0.4, 0.5) is 0 Å². The normalized spacial score (nSPS) is 28.1. The molecule has 0 N–H and O–H groups in total. The third-order valence-electron chi connectivity index (χ3n) is 3.40. The molecule has 3 heteroatoms. The van der Waals surface area contributed by atoms with Crippen molar-refractivity contribution in [2.24, 2.45) is 0 Å². The van der Waals surface area contributed by atoms with Gasteiger partial charge in [-0.15, -0.1) is 0 Å². The molecule has 0 bridgehead atoms. The second-order valence-electron chi connectivity index (χ2n) is 6.00. The Morgan fingerprint density at radius 2 is 1.94 bits per heavy atom. The van der Waals surface area contributed by atoms with Gasteiger partial charge in [-0.1, -0.05) is 12.1 Å². The molecule has 0 radical (unpaired) electrons. The Kier molecular flexibility index (Phi) is 3.39. The standard InChI is InChI=1S/C15H23NO2/c1-14(2)10-16(4)11-15(3,18-14)12-7-6-8-13(9-12)17-5/h6-9H,10-11H2,1-5H3. The van der Waals surface area contributed by atoms with Crippen LogP contribution >= 0.6 is 0 Å². The van der Waals surface area contributed by atoms with Crippen molar-refractivity contribution < 1.29 is 9.47 Å². The van der Waals surface area contributed by atoms with Crippen LogP contribution in [0.25, 0.3) is 0 Å². The van der Waals surface area contributed by atoms with Crippen molar-refractivity contribution in [3.63, 3.8) is 0 Å². The smallest absolute Gasteiger partial charge is 0.119 e. The average Bonchev–Trinajstić information content (AvgIpc) is 2.26. The van der Waals surface area contributed by atoms with Gasteiger partial charge in [0.2, 0.25) is 0 Å². The molecule has 0 spiro atoms. The van der Waals surface area contributed by atoms with E-state index in [-0.39, 0.29) is 11.2 Å². The van der Waals surface area contributed by atoms with Gasteiger partial charge >= 0.3 is 0 Å². The highest BCUT2D eigenvalue weighted by Gasteiger charge is 2.41. The highest BCUT2D eigenvalue weighted by Crippen LogP contribution is 2.36. The van der Waals surface area contributed by atoms with Gasteiger partial charge in [0.05, 0.1) is 12.7 Å². The van der Waals surface area contributed by atoms with Crippen molar-refractivity contribution in [2.45, 2.75) is 32.0 Å². The van der Waals surface area contributed by atoms with Gasteiger partial charge in [-0.25, -0.2) is 0 Å². The molecule has 1 heterocycles. The van der Waals surface area contributed by atoms with E-state index in [2.05, 4.69) is 44.9 Å². The second-order valence-corrected chi connectivity index (χ2v) is 6.00. The van der Waals surface area contributed by atoms with E-state index in [0.29, 0.717) is 0 Å². The van der Waals surface area contributed by atoms with Gasteiger partial charge < -0.3 is 14.4 Å². The Morgan fingerprint density at radius 1 is 1.22 bits per heavy atom. The summed E-state index contributed by atoms with van der Waals surface area (Å²) in [7, 11) is 3.84. The Labute approximate surface area is 110 Å². The number of ether oxygens (including phenoxy) is 2. The molecule has 1 aliphatic rings. The molecule has 0 aliphatic carbocycles. The lowest BCUT2D eigenvalue weighted by molar-refractivity contribution is -0.190. The van der Waals surface area contributed by atoms with E-state index in [0.717, 1.165) is 18.8 Å². The molecule has 2 rings (SSSR count). The maximum absolute atomic E-state index is 6.32. The van der Waals surface area contributed by atoms with Gasteiger partial charge in [0.15, 0.2) is 0 Å². The Hall–Kier alpha value is -1.06. The van der Waals surface area contributed by atoms with Crippen LogP contribution in [0.2, 0.25) is 0 Å². The van der Waals surface area contributed by atoms with Gasteiger partial charge in [0.1, 0.15) is 11.4 Å². The first-order chi connectivity index (χ1) is 8.35. The number of morpholine rings is 1. The maximum Gasteiger partial charge on any atom is 0.119 e. The van der Waals surface area contributed by atoms with Gasteiger partial charge in [-0.05, 0) is 45.5 Å². The number of hydrogen-bond acceptors (Lipinski definition) is 3. The van der Waals surface area contributed by atoms with Crippen LogP contribution in [0.3, 0.4) is 0 Å². The monoisotopic (exact) mass is 249 g/mol. The molecule has 1 saturated heterocycles. The van der Waals surface area contributed by atoms with Crippen LogP contribution in [0.5, 0.6) is 5.75 Å². The third kappa shape index (κ3) is 2.68. The van der Waals surface area contributed by atoms with Crippen molar-refractivity contribution in [1.29, 1.82) is 0 Å². The van der Waals surface area contributed by atoms with Crippen LogP contribution in [0.1, 0.15) is 26.3 Å². The fourth-order valence-corrected chi connectivity index (χ4v) is 3.00. The minimum Gasteiger partial charge on any atom is -0.497 e. The molecule has 1 fully saturated rings. The van der Waals surface area contributed by atoms with Crippen molar-refractivity contribution in [2.75, 3.05) is 27.2 Å². The van der Waals surface area contributed by atoms with Crippen LogP contribution < -0.4 is 4.74 Å². The molecule has 1 aromatic carbocycles. The highest BCUT2D eigenvalue weighted by atomic mass is 16.5. The van der Waals surface area contributed by atoms with Crippen molar-refractivity contribution in [3.8, 4) is 5.75 Å². The quantitative estimate of drug-likeness (QED) is 0.804. The molecule has 3 nitrogen and oxygen atoms in total. The van der Waals surface area contributed by atoms with Gasteiger partial charge in [-0.2, -0.15) is 0 Å². The van der Waals surface area contributed by atoms with E-state index in [4.69, 9.17) is 9.47 Å². The molecule has 0 aromatic heterocycles. The molecular formula is C15H23NO2. The summed E-state index contributed by atoms with van der Waals surface area (Å²) in [5.74, 6) is 0.878. The first kappa shape index (κ1) is 13.4. The average molecular weight is 249 g/mol. The summed E-state index contributed by atoms with van der Waals surface area (Å²) in [6, 6.07) is 8.15. The Morgan fingerprint density at radius 3 is 2.56 bits per heavy atom. The van der Waals surface area contributed by atoms with Crippen LogP contribution in [-0.4, -0.2) is 37.7 Å². The van der Waals surface area contributed by atoms with Gasteiger partial charge in [0, 0.05) is 13.1 Å². The number of methoxy groups -OCH3 is 1. The molecule has 18 heavy (non-hydrogen) atoms. The maximum atomic E-state index is 6.32. The van der Waals surface area contributed by atoms with Gasteiger partial charge in [-0.3, -0.25) is 0 Å². The lowest BCUT2D eigenvalue weighted by atomic mass is 9.90. The second kappa shape index (κ2) is 4.56. The first-order valence-electron chi connectivity index (χ1n) is 6.38. The highest BCUT2D eigenvalue weighted by molar-refractivity contribution is 5.33. The fourth-order valence-electron chi connectivity index (χ4n) is 3.00. The van der Waals surface area contributed by atoms with E-state index < -0.39 is 0 Å². The summed E-state index contributed by atoms with van der Waals surface area (Å²) in [5, 5.41) is 0. The van der Waals surface area contributed by atoms with Crippen LogP contribution in [-0.2, 0) is 10.3 Å². The topological polar surface area (TPSA) is 21.7 Å². The van der Waals surface area contributed by atoms with E-state index >= 15 is 0 Å². The fraction of sp³-hybridized carbons (Fsp3) is 0.600. The van der Waals surface area contributed by atoms with Crippen LogP contribution in [0.15, 0.2) is 24.3 Å². The SMILES string of the molecule is COc1cccc(C2(C)CN(C)CC(C)(C)O2)c1. The molecule has 100 valence electrons. The lowest BCUT2D eigenvalue weighted by Crippen LogP contribution is -2.55. The number of rotatable bonds is 2. The number of nitrogens with zero attached hydrogens (tertiary/aromatic N) is 1. The zero-order chi connectivity index (χ0) is 13.4. The largest absolute Gasteiger partial charge is 0.497 e. The van der Waals surface area contributed by atoms with E-state index in [9.17, 15) is 0 Å². The molecule has 1 aliphatic heterocycles. The molecule has 0 amide bonds. The van der Waals surface area contributed by atoms with Crippen molar-refractivity contribution in [1.82, 2.24) is 4.90 Å². The van der Waals surface area contributed by atoms with E-state index in [1.165, 1.54) is 5.56 Å². The third-order valence-corrected chi connectivity index (χ3v) is 3.40. The zero-order valence-electron chi connectivity index (χ0n) is 12.0.